The summed E-state index contributed by atoms with van der Waals surface area (Å²) >= 11 is 3.61. The topological polar surface area (TPSA) is 29.1 Å². The van der Waals surface area contributed by atoms with Gasteiger partial charge in [-0.05, 0) is 45.6 Å². The molecule has 0 aromatic heterocycles. The number of halogens is 1. The van der Waals surface area contributed by atoms with Crippen LogP contribution in [-0.4, -0.2) is 5.78 Å². The minimum Gasteiger partial charge on any atom is -0.376 e. The maximum Gasteiger partial charge on any atom is 0.163 e. The van der Waals surface area contributed by atoms with Crippen molar-refractivity contribution in [2.75, 3.05) is 5.32 Å². The van der Waals surface area contributed by atoms with Crippen molar-refractivity contribution < 1.29 is 4.79 Å². The molecule has 20 heavy (non-hydrogen) atoms. The molecule has 4 rings (SSSR count). The Morgan fingerprint density at radius 1 is 1.10 bits per heavy atom. The quantitative estimate of drug-likeness (QED) is 0.824. The zero-order valence-corrected chi connectivity index (χ0v) is 12.5. The maximum absolute atomic E-state index is 12.1. The highest BCUT2D eigenvalue weighted by Crippen LogP contribution is 2.52. The maximum atomic E-state index is 12.1. The van der Waals surface area contributed by atoms with E-state index in [2.05, 4.69) is 45.5 Å². The van der Waals surface area contributed by atoms with E-state index in [1.807, 2.05) is 18.2 Å². The summed E-state index contributed by atoms with van der Waals surface area (Å²) < 4.78 is 1.05. The van der Waals surface area contributed by atoms with E-state index in [1.54, 1.807) is 0 Å². The van der Waals surface area contributed by atoms with Crippen molar-refractivity contribution >= 4 is 27.4 Å². The molecule has 2 aliphatic rings. The van der Waals surface area contributed by atoms with Crippen LogP contribution < -0.4 is 5.32 Å². The molecule has 2 atom stereocenters. The summed E-state index contributed by atoms with van der Waals surface area (Å²) in [5, 5.41) is 3.62. The second-order valence-electron chi connectivity index (χ2n) is 5.48. The van der Waals surface area contributed by atoms with Gasteiger partial charge in [0, 0.05) is 22.4 Å². The summed E-state index contributed by atoms with van der Waals surface area (Å²) in [5.41, 5.74) is 4.52. The summed E-state index contributed by atoms with van der Waals surface area (Å²) in [4.78, 5) is 12.1. The van der Waals surface area contributed by atoms with Crippen molar-refractivity contribution in [2.24, 2.45) is 0 Å². The molecule has 0 fully saturated rings. The van der Waals surface area contributed by atoms with Crippen LogP contribution in [0.15, 0.2) is 46.9 Å². The molecule has 3 heteroatoms. The summed E-state index contributed by atoms with van der Waals surface area (Å²) in [6.45, 7) is 0. The van der Waals surface area contributed by atoms with E-state index in [9.17, 15) is 4.79 Å². The Kier molecular flexibility index (Phi) is 2.71. The molecule has 1 aliphatic carbocycles. The molecule has 0 spiro atoms. The van der Waals surface area contributed by atoms with Crippen molar-refractivity contribution in [2.45, 2.75) is 24.8 Å². The number of hydrogen-bond donors (Lipinski definition) is 1. The molecule has 0 radical (unpaired) electrons. The Hall–Kier alpha value is -1.61. The summed E-state index contributed by atoms with van der Waals surface area (Å²) in [6, 6.07) is 14.7. The van der Waals surface area contributed by atoms with Gasteiger partial charge in [-0.15, -0.1) is 0 Å². The Morgan fingerprint density at radius 3 is 2.70 bits per heavy atom. The van der Waals surface area contributed by atoms with E-state index in [1.165, 1.54) is 11.1 Å². The van der Waals surface area contributed by atoms with E-state index in [-0.39, 0.29) is 11.8 Å². The van der Waals surface area contributed by atoms with Crippen molar-refractivity contribution in [3.63, 3.8) is 0 Å². The first-order valence-electron chi connectivity index (χ1n) is 6.93. The lowest BCUT2D eigenvalue weighted by molar-refractivity contribution is 0.0966. The van der Waals surface area contributed by atoms with Crippen LogP contribution in [0.25, 0.3) is 0 Å². The van der Waals surface area contributed by atoms with E-state index >= 15 is 0 Å². The summed E-state index contributed by atoms with van der Waals surface area (Å²) in [6.07, 6.45) is 1.59. The number of Topliss-reactive ketones (excluding diaryl/α,β-unsaturated/α-hetero) is 1. The predicted molar refractivity (Wildman–Crippen MR) is 83.3 cm³/mol. The van der Waals surface area contributed by atoms with Gasteiger partial charge in [0.05, 0.1) is 11.7 Å². The van der Waals surface area contributed by atoms with Crippen LogP contribution >= 0.6 is 15.9 Å². The predicted octanol–water partition coefficient (Wildman–Crippen LogP) is 4.68. The first-order valence-corrected chi connectivity index (χ1v) is 7.72. The number of hydrogen-bond acceptors (Lipinski definition) is 2. The van der Waals surface area contributed by atoms with Gasteiger partial charge in [-0.25, -0.2) is 0 Å². The fraction of sp³-hybridized carbons (Fsp3) is 0.235. The van der Waals surface area contributed by atoms with E-state index in [0.717, 1.165) is 22.1 Å². The number of nitrogens with one attached hydrogen (secondary N) is 1. The number of benzene rings is 2. The molecule has 2 unspecified atom stereocenters. The number of carbonyl (C=O) groups excluding carboxylic acids is 1. The second-order valence-corrected chi connectivity index (χ2v) is 6.34. The minimum absolute atomic E-state index is 0.275. The molecular weight excluding hydrogens is 314 g/mol. The zero-order valence-electron chi connectivity index (χ0n) is 10.9. The molecule has 0 saturated carbocycles. The van der Waals surface area contributed by atoms with Crippen LogP contribution in [0.4, 0.5) is 5.69 Å². The third-order valence-corrected chi connectivity index (χ3v) is 5.07. The Bertz CT molecular complexity index is 696. The molecule has 2 nitrogen and oxygen atoms in total. The van der Waals surface area contributed by atoms with Crippen LogP contribution in [0, 0.1) is 0 Å². The van der Waals surface area contributed by atoms with E-state index < -0.39 is 0 Å². The third-order valence-electron chi connectivity index (χ3n) is 4.41. The molecule has 2 aromatic rings. The highest BCUT2D eigenvalue weighted by atomic mass is 79.9. The van der Waals surface area contributed by atoms with Crippen LogP contribution in [0.5, 0.6) is 0 Å². The van der Waals surface area contributed by atoms with Crippen molar-refractivity contribution in [3.8, 4) is 0 Å². The van der Waals surface area contributed by atoms with Crippen molar-refractivity contribution in [1.82, 2.24) is 0 Å². The first-order chi connectivity index (χ1) is 9.75. The van der Waals surface area contributed by atoms with Crippen LogP contribution in [0.3, 0.4) is 0 Å². The lowest BCUT2D eigenvalue weighted by Gasteiger charge is -2.24. The Labute approximate surface area is 126 Å². The van der Waals surface area contributed by atoms with Crippen LogP contribution in [0.1, 0.15) is 46.3 Å². The largest absolute Gasteiger partial charge is 0.376 e. The molecule has 1 aliphatic heterocycles. The van der Waals surface area contributed by atoms with Gasteiger partial charge < -0.3 is 5.32 Å². The average molecular weight is 328 g/mol. The normalized spacial score (nSPS) is 23.4. The molecule has 0 bridgehead atoms. The Balaban J connectivity index is 1.87. The fourth-order valence-corrected chi connectivity index (χ4v) is 3.96. The van der Waals surface area contributed by atoms with Gasteiger partial charge in [-0.2, -0.15) is 0 Å². The lowest BCUT2D eigenvalue weighted by Crippen LogP contribution is -2.18. The van der Waals surface area contributed by atoms with Crippen molar-refractivity contribution in [3.05, 3.63) is 63.6 Å². The summed E-state index contributed by atoms with van der Waals surface area (Å²) in [5.74, 6) is 0.679. The fourth-order valence-electron chi connectivity index (χ4n) is 3.50. The van der Waals surface area contributed by atoms with Gasteiger partial charge in [0.25, 0.3) is 0 Å². The number of anilines is 1. The van der Waals surface area contributed by atoms with Gasteiger partial charge in [-0.1, -0.05) is 30.3 Å². The molecule has 1 N–H and O–H groups in total. The molecule has 0 amide bonds. The Morgan fingerprint density at radius 2 is 1.90 bits per heavy atom. The summed E-state index contributed by atoms with van der Waals surface area (Å²) in [7, 11) is 0. The standard InChI is InChI=1S/C17H14BrNO/c18-13-8-6-11-14(20)9-7-12-15(11)17(13)19-16(12)10-4-2-1-3-5-10/h1-6,8,12,16,19H,7,9H2. The minimum atomic E-state index is 0.275. The third kappa shape index (κ3) is 1.66. The first kappa shape index (κ1) is 12.2. The number of rotatable bonds is 1. The smallest absolute Gasteiger partial charge is 0.163 e. The van der Waals surface area contributed by atoms with Crippen LogP contribution in [-0.2, 0) is 0 Å². The SMILES string of the molecule is O=C1CCC2c3c1ccc(Br)c3NC2c1ccccc1. The molecule has 100 valence electrons. The average Bonchev–Trinajstić information content (AvgIpc) is 2.87. The van der Waals surface area contributed by atoms with Crippen molar-refractivity contribution in [1.29, 1.82) is 0 Å². The second kappa shape index (κ2) is 4.45. The van der Waals surface area contributed by atoms with Crippen LogP contribution in [0.2, 0.25) is 0 Å². The molecule has 0 saturated heterocycles. The monoisotopic (exact) mass is 327 g/mol. The lowest BCUT2D eigenvalue weighted by atomic mass is 9.78. The zero-order chi connectivity index (χ0) is 13.7. The molecule has 1 heterocycles. The highest BCUT2D eigenvalue weighted by molar-refractivity contribution is 9.10. The highest BCUT2D eigenvalue weighted by Gasteiger charge is 2.40. The number of carbonyl (C=O) groups is 1. The van der Waals surface area contributed by atoms with Gasteiger partial charge in [-0.3, -0.25) is 4.79 Å². The van der Waals surface area contributed by atoms with E-state index in [0.29, 0.717) is 12.3 Å². The van der Waals surface area contributed by atoms with Gasteiger partial charge in [0.2, 0.25) is 0 Å². The molecular formula is C17H14BrNO. The van der Waals surface area contributed by atoms with E-state index in [4.69, 9.17) is 0 Å². The van der Waals surface area contributed by atoms with Gasteiger partial charge >= 0.3 is 0 Å². The molecule has 2 aromatic carbocycles. The van der Waals surface area contributed by atoms with Gasteiger partial charge in [0.1, 0.15) is 0 Å². The number of ketones is 1. The van der Waals surface area contributed by atoms with Gasteiger partial charge in [0.15, 0.2) is 5.78 Å².